The number of benzene rings is 2. The van der Waals surface area contributed by atoms with Crippen LogP contribution in [0.4, 0.5) is 0 Å². The zero-order valence-electron chi connectivity index (χ0n) is 14.2. The molecule has 1 N–H and O–H groups in total. The van der Waals surface area contributed by atoms with Crippen molar-refractivity contribution >= 4 is 5.91 Å². The quantitative estimate of drug-likeness (QED) is 0.850. The smallest absolute Gasteiger partial charge is 0.234 e. The number of nitrogens with zero attached hydrogens (tertiary/aromatic N) is 1. The van der Waals surface area contributed by atoms with E-state index >= 15 is 0 Å². The second kappa shape index (κ2) is 8.65. The fraction of sp³-hybridized carbons (Fsp3) is 0.381. The molecular weight excluding hydrogens is 296 g/mol. The summed E-state index contributed by atoms with van der Waals surface area (Å²) in [6, 6.07) is 21.4. The van der Waals surface area contributed by atoms with Gasteiger partial charge in [-0.15, -0.1) is 0 Å². The van der Waals surface area contributed by atoms with Gasteiger partial charge in [0.2, 0.25) is 5.91 Å². The molecule has 2 aromatic carbocycles. The van der Waals surface area contributed by atoms with Crippen molar-refractivity contribution in [2.75, 3.05) is 19.6 Å². The molecule has 1 heterocycles. The summed E-state index contributed by atoms with van der Waals surface area (Å²) in [5.41, 5.74) is 2.62. The molecule has 3 nitrogen and oxygen atoms in total. The van der Waals surface area contributed by atoms with Gasteiger partial charge in [0.05, 0.1) is 6.54 Å². The van der Waals surface area contributed by atoms with E-state index in [1.165, 1.54) is 24.0 Å². The molecule has 1 fully saturated rings. The third-order valence-corrected chi connectivity index (χ3v) is 4.74. The molecule has 1 aliphatic rings. The first kappa shape index (κ1) is 16.7. The van der Waals surface area contributed by atoms with Crippen LogP contribution in [0.3, 0.4) is 0 Å². The van der Waals surface area contributed by atoms with Crippen LogP contribution in [0.5, 0.6) is 0 Å². The van der Waals surface area contributed by atoms with Gasteiger partial charge in [-0.2, -0.15) is 0 Å². The number of likely N-dealkylation sites (tertiary alicyclic amines) is 1. The van der Waals surface area contributed by atoms with Crippen molar-refractivity contribution < 1.29 is 4.79 Å². The van der Waals surface area contributed by atoms with E-state index in [1.807, 2.05) is 18.2 Å². The van der Waals surface area contributed by atoms with E-state index < -0.39 is 0 Å². The van der Waals surface area contributed by atoms with Gasteiger partial charge < -0.3 is 5.32 Å². The maximum Gasteiger partial charge on any atom is 0.234 e. The van der Waals surface area contributed by atoms with Gasteiger partial charge in [-0.05, 0) is 43.4 Å². The molecule has 0 spiro atoms. The maximum absolute atomic E-state index is 12.2. The lowest BCUT2D eigenvalue weighted by molar-refractivity contribution is -0.122. The fourth-order valence-electron chi connectivity index (χ4n) is 3.45. The summed E-state index contributed by atoms with van der Waals surface area (Å²) in [5.74, 6) is 0.144. The highest BCUT2D eigenvalue weighted by molar-refractivity contribution is 5.78. The zero-order valence-corrected chi connectivity index (χ0v) is 14.2. The molecule has 1 amide bonds. The molecule has 0 aliphatic carbocycles. The standard InChI is InChI=1S/C21H26N2O/c24-21(22-14-13-18-8-3-1-4-9-18)17-23-15-7-12-20(23)16-19-10-5-2-6-11-19/h1-6,8-11,20H,7,12-17H2,(H,22,24). The van der Waals surface area contributed by atoms with E-state index in [0.29, 0.717) is 19.1 Å². The van der Waals surface area contributed by atoms with Crippen LogP contribution in [0.1, 0.15) is 24.0 Å². The van der Waals surface area contributed by atoms with Crippen LogP contribution < -0.4 is 5.32 Å². The van der Waals surface area contributed by atoms with Crippen LogP contribution >= 0.6 is 0 Å². The summed E-state index contributed by atoms with van der Waals surface area (Å²) in [6.07, 6.45) is 4.30. The van der Waals surface area contributed by atoms with E-state index in [2.05, 4.69) is 52.7 Å². The average molecular weight is 322 g/mol. The van der Waals surface area contributed by atoms with Gasteiger partial charge in [0.1, 0.15) is 0 Å². The van der Waals surface area contributed by atoms with Gasteiger partial charge in [0.15, 0.2) is 0 Å². The van der Waals surface area contributed by atoms with Crippen LogP contribution in [-0.2, 0) is 17.6 Å². The predicted molar refractivity (Wildman–Crippen MR) is 97.9 cm³/mol. The minimum Gasteiger partial charge on any atom is -0.355 e. The van der Waals surface area contributed by atoms with Gasteiger partial charge >= 0.3 is 0 Å². The lowest BCUT2D eigenvalue weighted by Gasteiger charge is -2.24. The Bertz CT molecular complexity index is 627. The molecule has 3 heteroatoms. The number of hydrogen-bond donors (Lipinski definition) is 1. The highest BCUT2D eigenvalue weighted by Crippen LogP contribution is 2.20. The predicted octanol–water partition coefficient (Wildman–Crippen LogP) is 3.05. The minimum atomic E-state index is 0.144. The van der Waals surface area contributed by atoms with Gasteiger partial charge in [0, 0.05) is 12.6 Å². The summed E-state index contributed by atoms with van der Waals surface area (Å²) in [7, 11) is 0. The number of carbonyl (C=O) groups excluding carboxylic acids is 1. The molecule has 1 atom stereocenters. The van der Waals surface area contributed by atoms with Crippen LogP contribution in [-0.4, -0.2) is 36.5 Å². The molecule has 2 aromatic rings. The molecule has 0 radical (unpaired) electrons. The first-order chi connectivity index (χ1) is 11.8. The Morgan fingerprint density at radius 1 is 1.00 bits per heavy atom. The van der Waals surface area contributed by atoms with E-state index in [-0.39, 0.29) is 5.91 Å². The summed E-state index contributed by atoms with van der Waals surface area (Å²) in [6.45, 7) is 2.26. The van der Waals surface area contributed by atoms with Crippen molar-refractivity contribution in [1.82, 2.24) is 10.2 Å². The van der Waals surface area contributed by atoms with Crippen LogP contribution in [0.2, 0.25) is 0 Å². The first-order valence-corrected chi connectivity index (χ1v) is 8.90. The Labute approximate surface area is 144 Å². The topological polar surface area (TPSA) is 32.3 Å². The van der Waals surface area contributed by atoms with E-state index in [4.69, 9.17) is 0 Å². The van der Waals surface area contributed by atoms with Gasteiger partial charge in [0.25, 0.3) is 0 Å². The highest BCUT2D eigenvalue weighted by atomic mass is 16.2. The summed E-state index contributed by atoms with van der Waals surface area (Å²) >= 11 is 0. The largest absolute Gasteiger partial charge is 0.355 e. The van der Waals surface area contributed by atoms with Crippen LogP contribution in [0.25, 0.3) is 0 Å². The van der Waals surface area contributed by atoms with Crippen molar-refractivity contribution in [3.63, 3.8) is 0 Å². The lowest BCUT2D eigenvalue weighted by Crippen LogP contribution is -2.41. The summed E-state index contributed by atoms with van der Waals surface area (Å²) in [4.78, 5) is 14.6. The Hall–Kier alpha value is -2.13. The highest BCUT2D eigenvalue weighted by Gasteiger charge is 2.26. The second-order valence-electron chi connectivity index (χ2n) is 6.54. The van der Waals surface area contributed by atoms with E-state index in [9.17, 15) is 4.79 Å². The second-order valence-corrected chi connectivity index (χ2v) is 6.54. The zero-order chi connectivity index (χ0) is 16.6. The number of nitrogens with one attached hydrogen (secondary N) is 1. The van der Waals surface area contributed by atoms with Crippen molar-refractivity contribution in [1.29, 1.82) is 0 Å². The molecule has 1 unspecified atom stereocenters. The number of hydrogen-bond acceptors (Lipinski definition) is 2. The molecular formula is C21H26N2O. The molecule has 1 saturated heterocycles. The van der Waals surface area contributed by atoms with E-state index in [1.54, 1.807) is 0 Å². The Kier molecular flexibility index (Phi) is 6.02. The molecule has 0 saturated carbocycles. The number of amides is 1. The first-order valence-electron chi connectivity index (χ1n) is 8.90. The minimum absolute atomic E-state index is 0.144. The third-order valence-electron chi connectivity index (χ3n) is 4.74. The maximum atomic E-state index is 12.2. The molecule has 3 rings (SSSR count). The third kappa shape index (κ3) is 4.93. The molecule has 0 aromatic heterocycles. The van der Waals surface area contributed by atoms with Gasteiger partial charge in [-0.3, -0.25) is 9.69 Å². The average Bonchev–Trinajstić information content (AvgIpc) is 3.03. The van der Waals surface area contributed by atoms with Crippen molar-refractivity contribution in [3.8, 4) is 0 Å². The normalized spacial score (nSPS) is 17.8. The van der Waals surface area contributed by atoms with Crippen molar-refractivity contribution in [3.05, 3.63) is 71.8 Å². The molecule has 126 valence electrons. The van der Waals surface area contributed by atoms with Crippen molar-refractivity contribution in [2.45, 2.75) is 31.7 Å². The fourth-order valence-corrected chi connectivity index (χ4v) is 3.45. The number of rotatable bonds is 7. The lowest BCUT2D eigenvalue weighted by atomic mass is 10.0. The van der Waals surface area contributed by atoms with Crippen LogP contribution in [0, 0.1) is 0 Å². The van der Waals surface area contributed by atoms with Gasteiger partial charge in [-0.25, -0.2) is 0 Å². The number of carbonyl (C=O) groups is 1. The molecule has 24 heavy (non-hydrogen) atoms. The monoisotopic (exact) mass is 322 g/mol. The van der Waals surface area contributed by atoms with Crippen molar-refractivity contribution in [2.24, 2.45) is 0 Å². The molecule has 0 bridgehead atoms. The Morgan fingerprint density at radius 2 is 1.67 bits per heavy atom. The Morgan fingerprint density at radius 3 is 2.38 bits per heavy atom. The van der Waals surface area contributed by atoms with Gasteiger partial charge in [-0.1, -0.05) is 60.7 Å². The SMILES string of the molecule is O=C(CN1CCCC1Cc1ccccc1)NCCc1ccccc1. The Balaban J connectivity index is 1.43. The van der Waals surface area contributed by atoms with Crippen LogP contribution in [0.15, 0.2) is 60.7 Å². The van der Waals surface area contributed by atoms with E-state index in [0.717, 1.165) is 19.4 Å². The summed E-state index contributed by atoms with van der Waals surface area (Å²) < 4.78 is 0. The molecule has 1 aliphatic heterocycles. The summed E-state index contributed by atoms with van der Waals surface area (Å²) in [5, 5.41) is 3.06.